The van der Waals surface area contributed by atoms with E-state index in [9.17, 15) is 19.1 Å². The summed E-state index contributed by atoms with van der Waals surface area (Å²) in [4.78, 5) is 24.3. The number of hydrogen-bond donors (Lipinski definition) is 2. The number of alkyl halides is 1. The van der Waals surface area contributed by atoms with Gasteiger partial charge in [0.25, 0.3) is 0 Å². The highest BCUT2D eigenvalue weighted by atomic mass is 79.9. The molecule has 3 rings (SSSR count). The van der Waals surface area contributed by atoms with Crippen molar-refractivity contribution in [3.05, 3.63) is 56.6 Å². The Labute approximate surface area is 153 Å². The molecule has 1 atom stereocenters. The normalized spacial score (nSPS) is 20.8. The van der Waals surface area contributed by atoms with Crippen molar-refractivity contribution in [1.29, 1.82) is 0 Å². The van der Waals surface area contributed by atoms with E-state index in [2.05, 4.69) is 37.2 Å². The van der Waals surface area contributed by atoms with Crippen molar-refractivity contribution in [3.8, 4) is 0 Å². The monoisotopic (exact) mass is 459 g/mol. The molecule has 0 amide bonds. The molecule has 0 saturated carbocycles. The van der Waals surface area contributed by atoms with Crippen LogP contribution in [0.15, 0.2) is 45.2 Å². The highest BCUT2D eigenvalue weighted by molar-refractivity contribution is 9.10. The van der Waals surface area contributed by atoms with Crippen LogP contribution >= 0.6 is 31.9 Å². The van der Waals surface area contributed by atoms with E-state index in [1.807, 2.05) is 0 Å². The van der Waals surface area contributed by atoms with Crippen molar-refractivity contribution < 1.29 is 23.8 Å². The van der Waals surface area contributed by atoms with Gasteiger partial charge in [-0.2, -0.15) is 0 Å². The number of aliphatic carboxylic acids is 1. The van der Waals surface area contributed by atoms with Crippen molar-refractivity contribution in [2.24, 2.45) is 0 Å². The van der Waals surface area contributed by atoms with E-state index >= 15 is 0 Å². The molecule has 0 aromatic heterocycles. The first-order chi connectivity index (χ1) is 11.4. The number of carbonyl (C=O) groups excluding carboxylic acids is 1. The summed E-state index contributed by atoms with van der Waals surface area (Å²) in [5.41, 5.74) is 1.96. The highest BCUT2D eigenvalue weighted by Crippen LogP contribution is 2.41. The van der Waals surface area contributed by atoms with E-state index in [1.165, 1.54) is 18.2 Å². The second kappa shape index (κ2) is 6.78. The molecule has 24 heavy (non-hydrogen) atoms. The second-order valence-electron chi connectivity index (χ2n) is 5.37. The highest BCUT2D eigenvalue weighted by Gasteiger charge is 2.39. The fraction of sp³-hybridized carbons (Fsp3) is 0.250. The summed E-state index contributed by atoms with van der Waals surface area (Å²) in [5.74, 6) is -2.64. The molecule has 0 fully saturated rings. The number of ether oxygens (including phenoxy) is 1. The molecule has 2 aliphatic heterocycles. The van der Waals surface area contributed by atoms with Gasteiger partial charge in [0.05, 0.1) is 16.7 Å². The zero-order chi connectivity index (χ0) is 17.4. The number of ketones is 1. The lowest BCUT2D eigenvalue weighted by atomic mass is 9.78. The number of carbonyl (C=O) groups is 2. The van der Waals surface area contributed by atoms with Crippen LogP contribution in [0, 0.1) is 5.82 Å². The van der Waals surface area contributed by atoms with Gasteiger partial charge in [0, 0.05) is 28.2 Å². The number of halogens is 3. The molecule has 1 aromatic carbocycles. The predicted molar refractivity (Wildman–Crippen MR) is 91.3 cm³/mol. The molecule has 2 N–H and O–H groups in total. The maximum atomic E-state index is 13.6. The quantitative estimate of drug-likeness (QED) is 0.678. The van der Waals surface area contributed by atoms with Crippen LogP contribution in [0.25, 0.3) is 0 Å². The molecule has 126 valence electrons. The first-order valence-corrected chi connectivity index (χ1v) is 8.93. The lowest BCUT2D eigenvalue weighted by molar-refractivity contribution is -0.133. The number of benzene rings is 1. The van der Waals surface area contributed by atoms with Crippen LogP contribution < -0.4 is 5.32 Å². The first-order valence-electron chi connectivity index (χ1n) is 7.02. The maximum Gasteiger partial charge on any atom is 0.334 e. The second-order valence-corrected chi connectivity index (χ2v) is 6.79. The minimum absolute atomic E-state index is 0.0689. The molecule has 0 aliphatic carbocycles. The molecule has 1 unspecified atom stereocenters. The summed E-state index contributed by atoms with van der Waals surface area (Å²) in [6, 6.07) is 4.25. The van der Waals surface area contributed by atoms with Gasteiger partial charge in [0.15, 0.2) is 5.78 Å². The van der Waals surface area contributed by atoms with Gasteiger partial charge in [-0.05, 0) is 33.6 Å². The smallest absolute Gasteiger partial charge is 0.334 e. The minimum atomic E-state index is -1.13. The van der Waals surface area contributed by atoms with Crippen LogP contribution in [0.1, 0.15) is 11.5 Å². The van der Waals surface area contributed by atoms with Crippen molar-refractivity contribution in [1.82, 2.24) is 5.32 Å². The number of Topliss-reactive ketones (excluding diaryl/α,β-unsaturated/α-hetero) is 1. The van der Waals surface area contributed by atoms with Gasteiger partial charge < -0.3 is 15.2 Å². The molecule has 0 saturated heterocycles. The summed E-state index contributed by atoms with van der Waals surface area (Å²) < 4.78 is 19.0. The first kappa shape index (κ1) is 17.3. The molecule has 5 nitrogen and oxygen atoms in total. The molecule has 2 heterocycles. The van der Waals surface area contributed by atoms with Crippen LogP contribution in [-0.2, 0) is 14.3 Å². The molecule has 0 bridgehead atoms. The van der Waals surface area contributed by atoms with Gasteiger partial charge in [-0.3, -0.25) is 4.79 Å². The lowest BCUT2D eigenvalue weighted by Crippen LogP contribution is -2.38. The summed E-state index contributed by atoms with van der Waals surface area (Å²) in [7, 11) is 0. The van der Waals surface area contributed by atoms with E-state index in [-0.39, 0.29) is 34.4 Å². The standard InChI is InChI=1S/C16H12Br2FNO4/c17-4-10-15(16(22)23)13(7-1-2-9(19)8(18)3-7)14-11(20-10)5-24-6-12(14)21/h1-3,13,20H,4-6H2,(H,22,23). The van der Waals surface area contributed by atoms with E-state index in [0.717, 1.165) is 0 Å². The largest absolute Gasteiger partial charge is 0.478 e. The van der Waals surface area contributed by atoms with Gasteiger partial charge in [0.2, 0.25) is 0 Å². The Balaban J connectivity index is 2.24. The topological polar surface area (TPSA) is 75.6 Å². The van der Waals surface area contributed by atoms with Crippen LogP contribution in [0.4, 0.5) is 4.39 Å². The van der Waals surface area contributed by atoms with Crippen LogP contribution in [0.5, 0.6) is 0 Å². The van der Waals surface area contributed by atoms with Crippen LogP contribution in [0.3, 0.4) is 0 Å². The van der Waals surface area contributed by atoms with Crippen molar-refractivity contribution in [2.45, 2.75) is 5.92 Å². The Morgan fingerprint density at radius 3 is 2.79 bits per heavy atom. The summed E-state index contributed by atoms with van der Waals surface area (Å²) in [6.07, 6.45) is 0. The molecule has 1 aromatic rings. The van der Waals surface area contributed by atoms with Crippen molar-refractivity contribution >= 4 is 43.6 Å². The van der Waals surface area contributed by atoms with Gasteiger partial charge >= 0.3 is 5.97 Å². The molecule has 0 radical (unpaired) electrons. The van der Waals surface area contributed by atoms with Gasteiger partial charge in [-0.1, -0.05) is 22.0 Å². The van der Waals surface area contributed by atoms with Gasteiger partial charge in [0.1, 0.15) is 12.4 Å². The van der Waals surface area contributed by atoms with Crippen LogP contribution in [-0.4, -0.2) is 35.4 Å². The number of carboxylic acids is 1. The average molecular weight is 461 g/mol. The Morgan fingerprint density at radius 1 is 1.42 bits per heavy atom. The average Bonchev–Trinajstić information content (AvgIpc) is 2.55. The fourth-order valence-electron chi connectivity index (χ4n) is 2.96. The Hall–Kier alpha value is -1.51. The number of dihydropyridines is 1. The van der Waals surface area contributed by atoms with Crippen LogP contribution in [0.2, 0.25) is 0 Å². The molecule has 8 heteroatoms. The number of carboxylic acid groups (broad SMARTS) is 1. The van der Waals surface area contributed by atoms with Gasteiger partial charge in [-0.25, -0.2) is 9.18 Å². The van der Waals surface area contributed by atoms with Crippen molar-refractivity contribution in [3.63, 3.8) is 0 Å². The third-order valence-corrected chi connectivity index (χ3v) is 5.12. The predicted octanol–water partition coefficient (Wildman–Crippen LogP) is 2.86. The van der Waals surface area contributed by atoms with Crippen molar-refractivity contribution in [2.75, 3.05) is 18.5 Å². The van der Waals surface area contributed by atoms with E-state index in [4.69, 9.17) is 4.74 Å². The summed E-state index contributed by atoms with van der Waals surface area (Å²) in [6.45, 7) is 0.0965. The van der Waals surface area contributed by atoms with E-state index in [1.54, 1.807) is 0 Å². The fourth-order valence-corrected chi connectivity index (χ4v) is 3.80. The summed E-state index contributed by atoms with van der Waals surface area (Å²) >= 11 is 6.39. The third-order valence-electron chi connectivity index (χ3n) is 3.95. The Kier molecular flexibility index (Phi) is 4.89. The number of nitrogens with one attached hydrogen (secondary N) is 1. The minimum Gasteiger partial charge on any atom is -0.478 e. The van der Waals surface area contributed by atoms with E-state index < -0.39 is 17.7 Å². The third kappa shape index (κ3) is 2.94. The number of allylic oxidation sites excluding steroid dienone is 1. The molecular weight excluding hydrogens is 449 g/mol. The number of hydrogen-bond acceptors (Lipinski definition) is 4. The Morgan fingerprint density at radius 2 is 2.17 bits per heavy atom. The van der Waals surface area contributed by atoms with Gasteiger partial charge in [-0.15, -0.1) is 0 Å². The number of rotatable bonds is 3. The zero-order valence-electron chi connectivity index (χ0n) is 12.2. The van der Waals surface area contributed by atoms with E-state index in [0.29, 0.717) is 22.5 Å². The zero-order valence-corrected chi connectivity index (χ0v) is 15.4. The SMILES string of the molecule is O=C(O)C1=C(CBr)NC2=C(C(=O)COC2)C1c1ccc(F)c(Br)c1. The Bertz CT molecular complexity index is 791. The molecule has 0 spiro atoms. The molecular formula is C16H12Br2FNO4. The summed E-state index contributed by atoms with van der Waals surface area (Å²) in [5, 5.41) is 13.0. The lowest BCUT2D eigenvalue weighted by Gasteiger charge is -2.34. The molecule has 2 aliphatic rings. The maximum absolute atomic E-state index is 13.6.